The van der Waals surface area contributed by atoms with Crippen LogP contribution in [0.5, 0.6) is 0 Å². The zero-order valence-corrected chi connectivity index (χ0v) is 37.4. The van der Waals surface area contributed by atoms with Gasteiger partial charge in [0.15, 0.2) is 6.10 Å². The number of carbonyl (C=O) groups is 3. The summed E-state index contributed by atoms with van der Waals surface area (Å²) in [6.45, 7) is 2.66. The Morgan fingerprint density at radius 2 is 0.895 bits per heavy atom. The van der Waals surface area contributed by atoms with E-state index in [0.29, 0.717) is 12.8 Å². The highest BCUT2D eigenvalue weighted by Crippen LogP contribution is 2.43. The van der Waals surface area contributed by atoms with Crippen molar-refractivity contribution in [2.75, 3.05) is 39.6 Å². The standard InChI is InChI=1S/C44H86NO11P/c1-3-5-7-9-11-13-15-17-19-21-23-25-27-29-31-33-42(47)53-39-41(40-55-57(50,51)54-37-35-45-44(49)52-38-36-46)56-43(48)34-32-30-28-26-24-22-20-18-16-14-12-10-8-6-4-2/h41,46H,3-40H2,1-2H3,(H,45,49)(H,50,51). The van der Waals surface area contributed by atoms with Gasteiger partial charge in [0, 0.05) is 19.4 Å². The predicted molar refractivity (Wildman–Crippen MR) is 228 cm³/mol. The van der Waals surface area contributed by atoms with Crippen LogP contribution in [-0.4, -0.2) is 73.7 Å². The van der Waals surface area contributed by atoms with Crippen molar-refractivity contribution in [2.24, 2.45) is 0 Å². The van der Waals surface area contributed by atoms with E-state index in [1.807, 2.05) is 0 Å². The summed E-state index contributed by atoms with van der Waals surface area (Å²) in [5.41, 5.74) is 0. The van der Waals surface area contributed by atoms with E-state index >= 15 is 0 Å². The molecular formula is C44H86NO11P. The monoisotopic (exact) mass is 836 g/mol. The highest BCUT2D eigenvalue weighted by Gasteiger charge is 2.26. The molecule has 1 amide bonds. The minimum absolute atomic E-state index is 0.146. The number of hydrogen-bond acceptors (Lipinski definition) is 10. The van der Waals surface area contributed by atoms with E-state index in [0.717, 1.165) is 38.5 Å². The Hall–Kier alpha value is -1.72. The van der Waals surface area contributed by atoms with E-state index in [1.54, 1.807) is 0 Å². The second-order valence-corrected chi connectivity index (χ2v) is 17.0. The number of esters is 2. The van der Waals surface area contributed by atoms with Crippen molar-refractivity contribution in [3.05, 3.63) is 0 Å². The molecule has 2 atom stereocenters. The summed E-state index contributed by atoms with van der Waals surface area (Å²) in [5.74, 6) is -0.910. The van der Waals surface area contributed by atoms with Gasteiger partial charge in [-0.2, -0.15) is 0 Å². The number of nitrogens with one attached hydrogen (secondary N) is 1. The Balaban J connectivity index is 4.40. The molecule has 0 aromatic rings. The van der Waals surface area contributed by atoms with Crippen molar-refractivity contribution in [1.29, 1.82) is 0 Å². The van der Waals surface area contributed by atoms with Crippen LogP contribution >= 0.6 is 7.82 Å². The zero-order valence-electron chi connectivity index (χ0n) is 36.5. The number of aliphatic hydroxyl groups excluding tert-OH is 1. The van der Waals surface area contributed by atoms with Crippen LogP contribution < -0.4 is 5.32 Å². The van der Waals surface area contributed by atoms with E-state index in [9.17, 15) is 23.8 Å². The van der Waals surface area contributed by atoms with Gasteiger partial charge in [-0.1, -0.05) is 194 Å². The number of ether oxygens (including phenoxy) is 3. The Morgan fingerprint density at radius 3 is 1.30 bits per heavy atom. The van der Waals surface area contributed by atoms with E-state index in [-0.39, 0.29) is 45.8 Å². The minimum atomic E-state index is -4.58. The molecule has 0 bridgehead atoms. The largest absolute Gasteiger partial charge is 0.472 e. The van der Waals surface area contributed by atoms with Gasteiger partial charge in [0.05, 0.1) is 19.8 Å². The number of hydrogen-bond donors (Lipinski definition) is 3. The number of phosphoric acid groups is 1. The molecular weight excluding hydrogens is 749 g/mol. The molecule has 0 aromatic heterocycles. The minimum Gasteiger partial charge on any atom is -0.462 e. The third kappa shape index (κ3) is 42.2. The van der Waals surface area contributed by atoms with Crippen LogP contribution in [0.25, 0.3) is 0 Å². The lowest BCUT2D eigenvalue weighted by Gasteiger charge is -2.20. The topological polar surface area (TPSA) is 167 Å². The first-order valence-electron chi connectivity index (χ1n) is 23.2. The summed E-state index contributed by atoms with van der Waals surface area (Å²) in [4.78, 5) is 46.8. The average molecular weight is 836 g/mol. The van der Waals surface area contributed by atoms with Gasteiger partial charge in [0.2, 0.25) is 0 Å². The van der Waals surface area contributed by atoms with Crippen LogP contribution in [0, 0.1) is 0 Å². The number of amides is 1. The fourth-order valence-electron chi connectivity index (χ4n) is 6.62. The molecule has 0 aliphatic rings. The number of alkyl carbamates (subject to hydrolysis) is 1. The molecule has 0 aliphatic heterocycles. The van der Waals surface area contributed by atoms with Crippen LogP contribution in [0.2, 0.25) is 0 Å². The molecule has 0 saturated heterocycles. The molecule has 338 valence electrons. The molecule has 0 aromatic carbocycles. The van der Waals surface area contributed by atoms with Crippen molar-refractivity contribution in [1.82, 2.24) is 5.32 Å². The number of unbranched alkanes of at least 4 members (excludes halogenated alkanes) is 28. The van der Waals surface area contributed by atoms with Crippen LogP contribution in [0.15, 0.2) is 0 Å². The molecule has 3 N–H and O–H groups in total. The lowest BCUT2D eigenvalue weighted by atomic mass is 10.0. The maximum Gasteiger partial charge on any atom is 0.472 e. The van der Waals surface area contributed by atoms with Crippen LogP contribution in [0.1, 0.15) is 219 Å². The number of rotatable bonds is 44. The van der Waals surface area contributed by atoms with Crippen molar-refractivity contribution in [3.8, 4) is 0 Å². The second kappa shape index (κ2) is 42.4. The first-order valence-corrected chi connectivity index (χ1v) is 24.7. The second-order valence-electron chi connectivity index (χ2n) is 15.6. The summed E-state index contributed by atoms with van der Waals surface area (Å²) in [6, 6.07) is 0. The van der Waals surface area contributed by atoms with Crippen molar-refractivity contribution in [3.63, 3.8) is 0 Å². The van der Waals surface area contributed by atoms with Crippen molar-refractivity contribution in [2.45, 2.75) is 225 Å². The van der Waals surface area contributed by atoms with Gasteiger partial charge >= 0.3 is 25.9 Å². The predicted octanol–water partition coefficient (Wildman–Crippen LogP) is 11.8. The van der Waals surface area contributed by atoms with E-state index < -0.39 is 38.6 Å². The van der Waals surface area contributed by atoms with E-state index in [2.05, 4.69) is 23.9 Å². The fraction of sp³-hybridized carbons (Fsp3) is 0.932. The Labute approximate surface area is 347 Å². The van der Waals surface area contributed by atoms with Gasteiger partial charge in [-0.25, -0.2) is 9.36 Å². The highest BCUT2D eigenvalue weighted by molar-refractivity contribution is 7.47. The molecule has 13 heteroatoms. The van der Waals surface area contributed by atoms with E-state index in [4.69, 9.17) is 23.6 Å². The smallest absolute Gasteiger partial charge is 0.462 e. The Kier molecular flexibility index (Phi) is 41.1. The molecule has 57 heavy (non-hydrogen) atoms. The Bertz CT molecular complexity index is 971. The molecule has 0 rings (SSSR count). The SMILES string of the molecule is CCCCCCCCCCCCCCCCCC(=O)OCC(COP(=O)(O)OCCNC(=O)OCCO)OC(=O)CCCCCCCCCCCCCCCCC. The van der Waals surface area contributed by atoms with Crippen molar-refractivity contribution >= 4 is 25.9 Å². The molecule has 0 aliphatic carbocycles. The van der Waals surface area contributed by atoms with Gasteiger partial charge in [0.1, 0.15) is 13.2 Å². The summed E-state index contributed by atoms with van der Waals surface area (Å²) in [5, 5.41) is 11.0. The van der Waals surface area contributed by atoms with Crippen LogP contribution in [0.3, 0.4) is 0 Å². The fourth-order valence-corrected chi connectivity index (χ4v) is 7.37. The molecule has 0 heterocycles. The highest BCUT2D eigenvalue weighted by atomic mass is 31.2. The number of phosphoric ester groups is 1. The molecule has 2 unspecified atom stereocenters. The lowest BCUT2D eigenvalue weighted by Crippen LogP contribution is -2.30. The average Bonchev–Trinajstić information content (AvgIpc) is 3.19. The first-order chi connectivity index (χ1) is 27.7. The van der Waals surface area contributed by atoms with E-state index in [1.165, 1.54) is 141 Å². The summed E-state index contributed by atoms with van der Waals surface area (Å²) in [7, 11) is -4.58. The zero-order chi connectivity index (χ0) is 41.9. The lowest BCUT2D eigenvalue weighted by molar-refractivity contribution is -0.161. The quantitative estimate of drug-likeness (QED) is 0.0231. The maximum absolute atomic E-state index is 12.7. The third-order valence-electron chi connectivity index (χ3n) is 10.1. The molecule has 12 nitrogen and oxygen atoms in total. The summed E-state index contributed by atoms with van der Waals surface area (Å²) < 4.78 is 37.9. The van der Waals surface area contributed by atoms with Crippen molar-refractivity contribution < 1.29 is 52.2 Å². The van der Waals surface area contributed by atoms with Gasteiger partial charge < -0.3 is 29.5 Å². The molecule has 0 fully saturated rings. The van der Waals surface area contributed by atoms with Gasteiger partial charge in [-0.05, 0) is 12.8 Å². The third-order valence-corrected chi connectivity index (χ3v) is 11.1. The maximum atomic E-state index is 12.7. The number of aliphatic hydroxyl groups is 1. The summed E-state index contributed by atoms with van der Waals surface area (Å²) >= 11 is 0. The first kappa shape index (κ1) is 55.3. The Morgan fingerprint density at radius 1 is 0.509 bits per heavy atom. The number of carbonyl (C=O) groups excluding carboxylic acids is 3. The van der Waals surface area contributed by atoms with Gasteiger partial charge in [0.25, 0.3) is 0 Å². The van der Waals surface area contributed by atoms with Crippen LogP contribution in [-0.2, 0) is 37.4 Å². The normalized spacial score (nSPS) is 12.9. The van der Waals surface area contributed by atoms with Crippen LogP contribution in [0.4, 0.5) is 4.79 Å². The summed E-state index contributed by atoms with van der Waals surface area (Å²) in [6.07, 6.45) is 35.3. The molecule has 0 radical (unpaired) electrons. The van der Waals surface area contributed by atoms with Gasteiger partial charge in [-0.3, -0.25) is 18.6 Å². The van der Waals surface area contributed by atoms with Gasteiger partial charge in [-0.15, -0.1) is 0 Å². The molecule has 0 spiro atoms. The molecule has 0 saturated carbocycles.